The van der Waals surface area contributed by atoms with Crippen LogP contribution in [0.15, 0.2) is 10.2 Å². The van der Waals surface area contributed by atoms with Crippen LogP contribution in [0.2, 0.25) is 0 Å². The van der Waals surface area contributed by atoms with Crippen molar-refractivity contribution in [1.82, 2.24) is 4.57 Å². The summed E-state index contributed by atoms with van der Waals surface area (Å²) in [6.07, 6.45) is 4.15. The highest BCUT2D eigenvalue weighted by atomic mass is 32.1. The third kappa shape index (κ3) is 3.93. The van der Waals surface area contributed by atoms with Gasteiger partial charge in [0.15, 0.2) is 0 Å². The Balaban J connectivity index is 1.79. The first-order chi connectivity index (χ1) is 9.60. The summed E-state index contributed by atoms with van der Waals surface area (Å²) in [5, 5.41) is 1.80. The van der Waals surface area contributed by atoms with E-state index in [1.807, 2.05) is 6.92 Å². The summed E-state index contributed by atoms with van der Waals surface area (Å²) < 4.78 is 12.4. The molecule has 0 bridgehead atoms. The summed E-state index contributed by atoms with van der Waals surface area (Å²) >= 11 is 1.16. The number of esters is 1. The number of ether oxygens (including phenoxy) is 2. The normalized spacial score (nSPS) is 22.7. The minimum atomic E-state index is -0.232. The molecule has 1 heterocycles. The predicted molar refractivity (Wildman–Crippen MR) is 77.1 cm³/mol. The van der Waals surface area contributed by atoms with Gasteiger partial charge in [-0.1, -0.05) is 11.3 Å². The number of rotatable bonds is 5. The Morgan fingerprint density at radius 1 is 1.45 bits per heavy atom. The fraction of sp³-hybridized carbons (Fsp3) is 0.714. The maximum absolute atomic E-state index is 11.8. The van der Waals surface area contributed by atoms with Crippen molar-refractivity contribution in [3.8, 4) is 0 Å². The summed E-state index contributed by atoms with van der Waals surface area (Å²) in [7, 11) is 1.70. The molecule has 5 nitrogen and oxygen atoms in total. The molecule has 6 heteroatoms. The van der Waals surface area contributed by atoms with Crippen LogP contribution in [0.1, 0.15) is 37.8 Å². The lowest BCUT2D eigenvalue weighted by Crippen LogP contribution is -2.30. The van der Waals surface area contributed by atoms with Gasteiger partial charge < -0.3 is 14.0 Å². The highest BCUT2D eigenvalue weighted by Crippen LogP contribution is 2.23. The molecule has 1 aliphatic carbocycles. The number of nitrogens with zero attached hydrogens (tertiary/aromatic N) is 1. The van der Waals surface area contributed by atoms with Gasteiger partial charge in [0.1, 0.15) is 6.10 Å². The second kappa shape index (κ2) is 7.04. The number of aromatic nitrogens is 1. The highest BCUT2D eigenvalue weighted by Gasteiger charge is 2.24. The quantitative estimate of drug-likeness (QED) is 0.781. The minimum absolute atomic E-state index is 0.0209. The molecule has 1 aliphatic rings. The lowest BCUT2D eigenvalue weighted by molar-refractivity contribution is -0.152. The largest absolute Gasteiger partial charge is 0.462 e. The minimum Gasteiger partial charge on any atom is -0.462 e. The van der Waals surface area contributed by atoms with E-state index in [-0.39, 0.29) is 29.5 Å². The first-order valence-corrected chi connectivity index (χ1v) is 7.85. The fourth-order valence-electron chi connectivity index (χ4n) is 2.55. The number of carbonyl (C=O) groups is 1. The van der Waals surface area contributed by atoms with Gasteiger partial charge in [-0.25, -0.2) is 0 Å². The lowest BCUT2D eigenvalue weighted by Gasteiger charge is -2.27. The van der Waals surface area contributed by atoms with Crippen LogP contribution in [0.25, 0.3) is 0 Å². The molecule has 1 saturated carbocycles. The number of aryl methyl sites for hydroxylation is 1. The van der Waals surface area contributed by atoms with Crippen LogP contribution >= 0.6 is 11.3 Å². The maximum atomic E-state index is 11.8. The molecule has 1 fully saturated rings. The molecule has 20 heavy (non-hydrogen) atoms. The third-order valence-electron chi connectivity index (χ3n) is 3.73. The molecule has 0 radical (unpaired) electrons. The van der Waals surface area contributed by atoms with Crippen molar-refractivity contribution in [2.24, 2.45) is 0 Å². The molecule has 0 aliphatic heterocycles. The fourth-order valence-corrected chi connectivity index (χ4v) is 3.31. The van der Waals surface area contributed by atoms with Crippen LogP contribution < -0.4 is 4.87 Å². The number of hydrogen-bond donors (Lipinski definition) is 0. The van der Waals surface area contributed by atoms with Gasteiger partial charge in [-0.05, 0) is 26.2 Å². The standard InChI is InChI=1S/C14H21NO4S/c1-10-9-20-14(17)15(10)7-6-13(16)19-12-5-3-4-11(8-12)18-2/h9,11-12H,3-8H2,1-2H3/t11-,12-/m1/s1. The molecule has 0 amide bonds. The Bertz CT molecular complexity index is 508. The maximum Gasteiger partial charge on any atom is 0.307 e. The van der Waals surface area contributed by atoms with E-state index >= 15 is 0 Å². The van der Waals surface area contributed by atoms with E-state index in [2.05, 4.69) is 0 Å². The number of methoxy groups -OCH3 is 1. The lowest BCUT2D eigenvalue weighted by atomic mass is 9.95. The average molecular weight is 299 g/mol. The summed E-state index contributed by atoms with van der Waals surface area (Å²) in [6, 6.07) is 0. The first-order valence-electron chi connectivity index (χ1n) is 6.97. The molecular weight excluding hydrogens is 278 g/mol. The van der Waals surface area contributed by atoms with Gasteiger partial charge in [0.25, 0.3) is 0 Å². The van der Waals surface area contributed by atoms with E-state index in [0.29, 0.717) is 6.54 Å². The van der Waals surface area contributed by atoms with E-state index in [9.17, 15) is 9.59 Å². The Morgan fingerprint density at radius 3 is 2.85 bits per heavy atom. The van der Waals surface area contributed by atoms with E-state index < -0.39 is 0 Å². The van der Waals surface area contributed by atoms with Crippen LogP contribution in [0.4, 0.5) is 0 Å². The molecule has 1 aromatic rings. The van der Waals surface area contributed by atoms with E-state index in [4.69, 9.17) is 9.47 Å². The molecule has 0 unspecified atom stereocenters. The Morgan fingerprint density at radius 2 is 2.20 bits per heavy atom. The van der Waals surface area contributed by atoms with Crippen molar-refractivity contribution in [3.63, 3.8) is 0 Å². The molecule has 0 saturated heterocycles. The van der Waals surface area contributed by atoms with Crippen LogP contribution in [0.5, 0.6) is 0 Å². The number of thiazole rings is 1. The molecular formula is C14H21NO4S. The second-order valence-electron chi connectivity index (χ2n) is 5.18. The smallest absolute Gasteiger partial charge is 0.307 e. The second-order valence-corrected chi connectivity index (χ2v) is 6.00. The van der Waals surface area contributed by atoms with Gasteiger partial charge in [0.2, 0.25) is 0 Å². The number of hydrogen-bond acceptors (Lipinski definition) is 5. The van der Waals surface area contributed by atoms with Crippen LogP contribution in [0.3, 0.4) is 0 Å². The zero-order chi connectivity index (χ0) is 14.5. The SMILES string of the molecule is CO[C@@H]1CCC[C@@H](OC(=O)CCn2c(C)csc2=O)C1. The highest BCUT2D eigenvalue weighted by molar-refractivity contribution is 7.07. The van der Waals surface area contributed by atoms with Crippen LogP contribution in [-0.4, -0.2) is 29.9 Å². The first kappa shape index (κ1) is 15.3. The molecule has 0 aromatic carbocycles. The van der Waals surface area contributed by atoms with Crippen molar-refractivity contribution < 1.29 is 14.3 Å². The van der Waals surface area contributed by atoms with E-state index in [1.165, 1.54) is 0 Å². The zero-order valence-electron chi connectivity index (χ0n) is 12.0. The van der Waals surface area contributed by atoms with Crippen molar-refractivity contribution in [2.45, 2.75) is 57.8 Å². The van der Waals surface area contributed by atoms with Crippen molar-refractivity contribution in [3.05, 3.63) is 20.7 Å². The van der Waals surface area contributed by atoms with Crippen molar-refractivity contribution in [1.29, 1.82) is 0 Å². The van der Waals surface area contributed by atoms with Gasteiger partial charge >= 0.3 is 10.8 Å². The summed E-state index contributed by atoms with van der Waals surface area (Å²) in [5.41, 5.74) is 0.893. The Labute approximate surface area is 122 Å². The summed E-state index contributed by atoms with van der Waals surface area (Å²) in [4.78, 5) is 23.4. The van der Waals surface area contributed by atoms with Gasteiger partial charge in [-0.2, -0.15) is 0 Å². The topological polar surface area (TPSA) is 57.5 Å². The number of carbonyl (C=O) groups excluding carboxylic acids is 1. The summed E-state index contributed by atoms with van der Waals surface area (Å²) in [5.74, 6) is -0.232. The molecule has 2 atom stereocenters. The van der Waals surface area contributed by atoms with Crippen molar-refractivity contribution in [2.75, 3.05) is 7.11 Å². The molecule has 1 aromatic heterocycles. The molecule has 0 spiro atoms. The average Bonchev–Trinajstić information content (AvgIpc) is 2.76. The zero-order valence-corrected chi connectivity index (χ0v) is 12.8. The van der Waals surface area contributed by atoms with E-state index in [0.717, 1.165) is 42.7 Å². The third-order valence-corrected chi connectivity index (χ3v) is 4.61. The molecule has 112 valence electrons. The van der Waals surface area contributed by atoms with Gasteiger partial charge in [-0.3, -0.25) is 9.59 Å². The van der Waals surface area contributed by atoms with Gasteiger partial charge in [-0.15, -0.1) is 0 Å². The van der Waals surface area contributed by atoms with Crippen LogP contribution in [0, 0.1) is 6.92 Å². The van der Waals surface area contributed by atoms with Gasteiger partial charge in [0.05, 0.1) is 12.5 Å². The molecule has 0 N–H and O–H groups in total. The van der Waals surface area contributed by atoms with Crippen molar-refractivity contribution >= 4 is 17.3 Å². The molecule has 2 rings (SSSR count). The van der Waals surface area contributed by atoms with Crippen LogP contribution in [-0.2, 0) is 20.8 Å². The van der Waals surface area contributed by atoms with E-state index in [1.54, 1.807) is 17.1 Å². The Hall–Kier alpha value is -1.14. The monoisotopic (exact) mass is 299 g/mol. The van der Waals surface area contributed by atoms with Gasteiger partial charge in [0, 0.05) is 31.1 Å². The Kier molecular flexibility index (Phi) is 5.37. The summed E-state index contributed by atoms with van der Waals surface area (Å²) in [6.45, 7) is 2.26. The predicted octanol–water partition coefficient (Wildman–Crippen LogP) is 2.11.